The van der Waals surface area contributed by atoms with E-state index in [1.807, 2.05) is 4.57 Å². The van der Waals surface area contributed by atoms with Crippen molar-refractivity contribution in [3.8, 4) is 0 Å². The summed E-state index contributed by atoms with van der Waals surface area (Å²) in [7, 11) is 0. The average molecular weight is 268 g/mol. The molecule has 1 unspecified atom stereocenters. The highest BCUT2D eigenvalue weighted by atomic mass is 32.1. The van der Waals surface area contributed by atoms with Crippen molar-refractivity contribution in [2.45, 2.75) is 12.6 Å². The summed E-state index contributed by atoms with van der Waals surface area (Å²) < 4.78 is 26.6. The van der Waals surface area contributed by atoms with E-state index < -0.39 is 0 Å². The second kappa shape index (κ2) is 4.79. The molecule has 1 N–H and O–H groups in total. The van der Waals surface area contributed by atoms with Crippen molar-refractivity contribution in [3.05, 3.63) is 28.8 Å². The van der Waals surface area contributed by atoms with Crippen molar-refractivity contribution in [2.75, 3.05) is 19.8 Å². The van der Waals surface area contributed by atoms with Crippen molar-refractivity contribution >= 4 is 23.3 Å². The Bertz CT molecular complexity index is 616. The number of hydrogen-bond acceptors (Lipinski definition) is 3. The number of halogens is 1. The van der Waals surface area contributed by atoms with Gasteiger partial charge in [-0.05, 0) is 30.4 Å². The maximum Gasteiger partial charge on any atom is 0.178 e. The van der Waals surface area contributed by atoms with Crippen molar-refractivity contribution in [1.29, 1.82) is 0 Å². The molecule has 1 aliphatic rings. The van der Waals surface area contributed by atoms with Gasteiger partial charge in [-0.15, -0.1) is 0 Å². The van der Waals surface area contributed by atoms with Gasteiger partial charge in [0.1, 0.15) is 5.82 Å². The van der Waals surface area contributed by atoms with Gasteiger partial charge >= 0.3 is 0 Å². The average Bonchev–Trinajstić information content (AvgIpc) is 2.66. The highest BCUT2D eigenvalue weighted by Crippen LogP contribution is 2.17. The third kappa shape index (κ3) is 2.19. The van der Waals surface area contributed by atoms with Crippen LogP contribution in [0.1, 0.15) is 0 Å². The molecule has 1 fully saturated rings. The second-order valence-corrected chi connectivity index (χ2v) is 4.66. The summed E-state index contributed by atoms with van der Waals surface area (Å²) in [6.07, 6.45) is -0.00509. The minimum Gasteiger partial charge on any atom is -0.376 e. The van der Waals surface area contributed by atoms with Crippen LogP contribution in [0.3, 0.4) is 0 Å². The number of rotatable bonds is 2. The quantitative estimate of drug-likeness (QED) is 0.849. The van der Waals surface area contributed by atoms with Gasteiger partial charge in [-0.1, -0.05) is 0 Å². The molecule has 18 heavy (non-hydrogen) atoms. The number of nitrogens with one attached hydrogen (secondary N) is 1. The van der Waals surface area contributed by atoms with Crippen molar-refractivity contribution in [1.82, 2.24) is 9.55 Å². The molecule has 2 heterocycles. The number of nitrogens with zero attached hydrogens (tertiary/aromatic N) is 1. The van der Waals surface area contributed by atoms with E-state index in [2.05, 4.69) is 4.98 Å². The first-order valence-corrected chi connectivity index (χ1v) is 6.22. The summed E-state index contributed by atoms with van der Waals surface area (Å²) in [5.41, 5.74) is 1.59. The fourth-order valence-electron chi connectivity index (χ4n) is 2.16. The molecule has 2 aromatic rings. The van der Waals surface area contributed by atoms with Crippen LogP contribution in [-0.2, 0) is 16.0 Å². The molecule has 4 nitrogen and oxygen atoms in total. The number of aromatic amines is 1. The highest BCUT2D eigenvalue weighted by molar-refractivity contribution is 7.71. The summed E-state index contributed by atoms with van der Waals surface area (Å²) >= 11 is 5.25. The molecule has 1 aromatic carbocycles. The Labute approximate surface area is 108 Å². The predicted octanol–water partition coefficient (Wildman–Crippen LogP) is 2.25. The molecule has 0 radical (unpaired) electrons. The normalized spacial score (nSPS) is 20.4. The number of aromatic nitrogens is 2. The first kappa shape index (κ1) is 11.8. The van der Waals surface area contributed by atoms with Gasteiger partial charge in [0, 0.05) is 0 Å². The lowest BCUT2D eigenvalue weighted by atomic mass is 10.3. The van der Waals surface area contributed by atoms with Crippen LogP contribution < -0.4 is 0 Å². The molecule has 96 valence electrons. The van der Waals surface area contributed by atoms with Crippen LogP contribution in [0.25, 0.3) is 11.0 Å². The Kier molecular flexibility index (Phi) is 3.15. The largest absolute Gasteiger partial charge is 0.376 e. The van der Waals surface area contributed by atoms with Crippen molar-refractivity contribution in [3.63, 3.8) is 0 Å². The summed E-state index contributed by atoms with van der Waals surface area (Å²) in [4.78, 5) is 3.00. The molecular formula is C12H13FN2O2S. The van der Waals surface area contributed by atoms with Gasteiger partial charge in [-0.2, -0.15) is 0 Å². The van der Waals surface area contributed by atoms with E-state index >= 15 is 0 Å². The SMILES string of the molecule is Fc1ccc2c(c1)[nH]c(=S)n2CC1COCCO1. The zero-order valence-corrected chi connectivity index (χ0v) is 10.5. The lowest BCUT2D eigenvalue weighted by Gasteiger charge is -2.23. The molecule has 1 atom stereocenters. The number of ether oxygens (including phenoxy) is 2. The van der Waals surface area contributed by atoms with Crippen LogP contribution >= 0.6 is 12.2 Å². The molecule has 0 aliphatic carbocycles. The summed E-state index contributed by atoms with van der Waals surface area (Å²) in [6.45, 7) is 2.43. The first-order valence-electron chi connectivity index (χ1n) is 5.81. The molecule has 1 saturated heterocycles. The van der Waals surface area contributed by atoms with Gasteiger partial charge in [0.15, 0.2) is 4.77 Å². The zero-order valence-electron chi connectivity index (χ0n) is 9.69. The lowest BCUT2D eigenvalue weighted by molar-refractivity contribution is -0.0933. The van der Waals surface area contributed by atoms with E-state index in [9.17, 15) is 4.39 Å². The van der Waals surface area contributed by atoms with E-state index in [1.165, 1.54) is 12.1 Å². The van der Waals surface area contributed by atoms with Gasteiger partial charge < -0.3 is 19.0 Å². The van der Waals surface area contributed by atoms with Gasteiger partial charge in [-0.3, -0.25) is 0 Å². The van der Waals surface area contributed by atoms with E-state index in [0.717, 1.165) is 5.52 Å². The Hall–Kier alpha value is -1.24. The van der Waals surface area contributed by atoms with Crippen LogP contribution in [0.4, 0.5) is 4.39 Å². The van der Waals surface area contributed by atoms with Crippen molar-refractivity contribution in [2.24, 2.45) is 0 Å². The standard InChI is InChI=1S/C12H13FN2O2S/c13-8-1-2-11-10(5-8)14-12(18)15(11)6-9-7-16-3-4-17-9/h1-2,5,9H,3-4,6-7H2,(H,14,18). The van der Waals surface area contributed by atoms with E-state index in [-0.39, 0.29) is 11.9 Å². The van der Waals surface area contributed by atoms with Gasteiger partial charge in [-0.25, -0.2) is 4.39 Å². The number of benzene rings is 1. The first-order chi connectivity index (χ1) is 8.74. The van der Waals surface area contributed by atoms with Crippen LogP contribution in [0.5, 0.6) is 0 Å². The third-order valence-electron chi connectivity index (χ3n) is 3.01. The topological polar surface area (TPSA) is 39.2 Å². The van der Waals surface area contributed by atoms with Crippen LogP contribution in [0.2, 0.25) is 0 Å². The van der Waals surface area contributed by atoms with Gasteiger partial charge in [0.05, 0.1) is 43.5 Å². The smallest absolute Gasteiger partial charge is 0.178 e. The summed E-state index contributed by atoms with van der Waals surface area (Å²) in [5.74, 6) is -0.275. The molecule has 1 aromatic heterocycles. The third-order valence-corrected chi connectivity index (χ3v) is 3.33. The molecule has 0 amide bonds. The molecular weight excluding hydrogens is 255 g/mol. The minimum absolute atomic E-state index is 0.00509. The Morgan fingerprint density at radius 3 is 3.11 bits per heavy atom. The maximum atomic E-state index is 13.1. The van der Waals surface area contributed by atoms with Crippen molar-refractivity contribution < 1.29 is 13.9 Å². The van der Waals surface area contributed by atoms with Crippen LogP contribution in [-0.4, -0.2) is 35.5 Å². The van der Waals surface area contributed by atoms with Crippen LogP contribution in [0.15, 0.2) is 18.2 Å². The Morgan fingerprint density at radius 1 is 1.44 bits per heavy atom. The fraction of sp³-hybridized carbons (Fsp3) is 0.417. The monoisotopic (exact) mass is 268 g/mol. The molecule has 0 saturated carbocycles. The van der Waals surface area contributed by atoms with E-state index in [0.29, 0.717) is 36.7 Å². The summed E-state index contributed by atoms with van der Waals surface area (Å²) in [5, 5.41) is 0. The molecule has 6 heteroatoms. The Morgan fingerprint density at radius 2 is 2.33 bits per heavy atom. The maximum absolute atomic E-state index is 13.1. The van der Waals surface area contributed by atoms with Gasteiger partial charge in [0.25, 0.3) is 0 Å². The zero-order chi connectivity index (χ0) is 12.5. The molecule has 1 aliphatic heterocycles. The molecule has 3 rings (SSSR count). The molecule has 0 bridgehead atoms. The number of hydrogen-bond donors (Lipinski definition) is 1. The van der Waals surface area contributed by atoms with Gasteiger partial charge in [0.2, 0.25) is 0 Å². The molecule has 0 spiro atoms. The number of fused-ring (bicyclic) bond motifs is 1. The van der Waals surface area contributed by atoms with E-state index in [4.69, 9.17) is 21.7 Å². The fourth-order valence-corrected chi connectivity index (χ4v) is 2.45. The van der Waals surface area contributed by atoms with E-state index in [1.54, 1.807) is 6.07 Å². The second-order valence-electron chi connectivity index (χ2n) is 4.27. The number of H-pyrrole nitrogens is 1. The predicted molar refractivity (Wildman–Crippen MR) is 67.6 cm³/mol. The lowest BCUT2D eigenvalue weighted by Crippen LogP contribution is -2.32. The Balaban J connectivity index is 1.95. The summed E-state index contributed by atoms with van der Waals surface area (Å²) in [6, 6.07) is 4.60. The minimum atomic E-state index is -0.275. The number of imidazole rings is 1. The highest BCUT2D eigenvalue weighted by Gasteiger charge is 2.16. The van der Waals surface area contributed by atoms with Crippen LogP contribution in [0, 0.1) is 10.6 Å².